The van der Waals surface area contributed by atoms with Crippen LogP contribution in [-0.4, -0.2) is 36.1 Å². The quantitative estimate of drug-likeness (QED) is 0.847. The number of rotatable bonds is 5. The van der Waals surface area contributed by atoms with Gasteiger partial charge in [0, 0.05) is 19.3 Å². The molecule has 3 heteroatoms. The Morgan fingerprint density at radius 3 is 3.18 bits per heavy atom. The standard InChI is InChI=1S/C14H23N3/c1-3-7-17-8-5-13(11-17)10-16-14-9-12(2)4-6-15-14/h4,6,9,13H,3,5,7-8,10-11H2,1-2H3,(H,15,16). The molecule has 1 N–H and O–H groups in total. The van der Waals surface area contributed by atoms with Crippen LogP contribution in [0.2, 0.25) is 0 Å². The highest BCUT2D eigenvalue weighted by atomic mass is 15.1. The molecule has 0 aliphatic carbocycles. The Kier molecular flexibility index (Phi) is 4.37. The minimum atomic E-state index is 0.781. The maximum absolute atomic E-state index is 4.33. The summed E-state index contributed by atoms with van der Waals surface area (Å²) < 4.78 is 0. The van der Waals surface area contributed by atoms with E-state index in [2.05, 4.69) is 35.1 Å². The van der Waals surface area contributed by atoms with E-state index in [1.807, 2.05) is 12.3 Å². The van der Waals surface area contributed by atoms with E-state index in [0.717, 1.165) is 18.3 Å². The molecular weight excluding hydrogens is 210 g/mol. The molecular formula is C14H23N3. The second kappa shape index (κ2) is 6.01. The van der Waals surface area contributed by atoms with Crippen LogP contribution >= 0.6 is 0 Å². The lowest BCUT2D eigenvalue weighted by Gasteiger charge is -2.15. The molecule has 0 amide bonds. The van der Waals surface area contributed by atoms with Crippen molar-refractivity contribution in [3.05, 3.63) is 23.9 Å². The van der Waals surface area contributed by atoms with Gasteiger partial charge in [-0.05, 0) is 56.5 Å². The van der Waals surface area contributed by atoms with Crippen LogP contribution in [0.3, 0.4) is 0 Å². The van der Waals surface area contributed by atoms with Gasteiger partial charge in [0.1, 0.15) is 5.82 Å². The van der Waals surface area contributed by atoms with Crippen molar-refractivity contribution in [3.8, 4) is 0 Å². The molecule has 17 heavy (non-hydrogen) atoms. The number of nitrogens with one attached hydrogen (secondary N) is 1. The van der Waals surface area contributed by atoms with Crippen LogP contribution in [0.5, 0.6) is 0 Å². The van der Waals surface area contributed by atoms with Crippen molar-refractivity contribution in [1.82, 2.24) is 9.88 Å². The summed E-state index contributed by atoms with van der Waals surface area (Å²) in [6.07, 6.45) is 4.45. The Morgan fingerprint density at radius 2 is 2.41 bits per heavy atom. The maximum atomic E-state index is 4.33. The number of hydrogen-bond donors (Lipinski definition) is 1. The molecule has 0 spiro atoms. The zero-order valence-corrected chi connectivity index (χ0v) is 10.9. The average Bonchev–Trinajstić information content (AvgIpc) is 2.75. The Labute approximate surface area is 104 Å². The molecule has 2 rings (SSSR count). The smallest absolute Gasteiger partial charge is 0.126 e. The first kappa shape index (κ1) is 12.4. The molecule has 0 radical (unpaired) electrons. The van der Waals surface area contributed by atoms with E-state index in [1.165, 1.54) is 38.0 Å². The van der Waals surface area contributed by atoms with Gasteiger partial charge < -0.3 is 10.2 Å². The molecule has 0 bridgehead atoms. The Bertz CT molecular complexity index is 351. The van der Waals surface area contributed by atoms with E-state index in [4.69, 9.17) is 0 Å². The van der Waals surface area contributed by atoms with Gasteiger partial charge in [-0.25, -0.2) is 4.98 Å². The van der Waals surface area contributed by atoms with Crippen molar-refractivity contribution >= 4 is 5.82 Å². The lowest BCUT2D eigenvalue weighted by atomic mass is 10.1. The zero-order valence-electron chi connectivity index (χ0n) is 10.9. The minimum Gasteiger partial charge on any atom is -0.370 e. The number of hydrogen-bond acceptors (Lipinski definition) is 3. The molecule has 94 valence electrons. The third-order valence-corrected chi connectivity index (χ3v) is 3.40. The molecule has 1 atom stereocenters. The number of nitrogens with zero attached hydrogens (tertiary/aromatic N) is 2. The van der Waals surface area contributed by atoms with Crippen LogP contribution in [0, 0.1) is 12.8 Å². The summed E-state index contributed by atoms with van der Waals surface area (Å²) in [5, 5.41) is 3.45. The Morgan fingerprint density at radius 1 is 1.53 bits per heavy atom. The molecule has 0 aromatic carbocycles. The predicted octanol–water partition coefficient (Wildman–Crippen LogP) is 2.53. The van der Waals surface area contributed by atoms with Gasteiger partial charge in [-0.1, -0.05) is 6.92 Å². The van der Waals surface area contributed by atoms with Gasteiger partial charge in [0.15, 0.2) is 0 Å². The molecule has 1 aromatic heterocycles. The molecule has 1 aliphatic heterocycles. The van der Waals surface area contributed by atoms with Gasteiger partial charge in [-0.2, -0.15) is 0 Å². The van der Waals surface area contributed by atoms with Crippen molar-refractivity contribution in [1.29, 1.82) is 0 Å². The summed E-state index contributed by atoms with van der Waals surface area (Å²) in [5.74, 6) is 1.79. The second-order valence-electron chi connectivity index (χ2n) is 5.05. The molecule has 1 aromatic rings. The average molecular weight is 233 g/mol. The summed E-state index contributed by atoms with van der Waals surface area (Å²) in [6, 6.07) is 4.14. The molecule has 2 heterocycles. The number of aromatic nitrogens is 1. The van der Waals surface area contributed by atoms with Crippen molar-refractivity contribution < 1.29 is 0 Å². The van der Waals surface area contributed by atoms with Crippen LogP contribution in [0.4, 0.5) is 5.82 Å². The summed E-state index contributed by atoms with van der Waals surface area (Å²) in [7, 11) is 0. The van der Waals surface area contributed by atoms with E-state index in [0.29, 0.717) is 0 Å². The van der Waals surface area contributed by atoms with E-state index >= 15 is 0 Å². The summed E-state index contributed by atoms with van der Waals surface area (Å²) >= 11 is 0. The zero-order chi connectivity index (χ0) is 12.1. The van der Waals surface area contributed by atoms with Crippen LogP contribution < -0.4 is 5.32 Å². The van der Waals surface area contributed by atoms with Crippen LogP contribution in [0.15, 0.2) is 18.3 Å². The highest BCUT2D eigenvalue weighted by molar-refractivity contribution is 5.36. The molecule has 3 nitrogen and oxygen atoms in total. The molecule has 1 saturated heterocycles. The van der Waals surface area contributed by atoms with Gasteiger partial charge >= 0.3 is 0 Å². The third kappa shape index (κ3) is 3.70. The number of aryl methyl sites for hydroxylation is 1. The first-order chi connectivity index (χ1) is 8.28. The second-order valence-corrected chi connectivity index (χ2v) is 5.05. The van der Waals surface area contributed by atoms with Crippen LogP contribution in [0.1, 0.15) is 25.3 Å². The van der Waals surface area contributed by atoms with E-state index in [-0.39, 0.29) is 0 Å². The highest BCUT2D eigenvalue weighted by Gasteiger charge is 2.21. The fourth-order valence-corrected chi connectivity index (χ4v) is 2.48. The molecule has 0 saturated carbocycles. The predicted molar refractivity (Wildman–Crippen MR) is 72.3 cm³/mol. The molecule has 1 unspecified atom stereocenters. The third-order valence-electron chi connectivity index (χ3n) is 3.40. The number of pyridine rings is 1. The van der Waals surface area contributed by atoms with Gasteiger partial charge in [-0.15, -0.1) is 0 Å². The van der Waals surface area contributed by atoms with Crippen molar-refractivity contribution in [3.63, 3.8) is 0 Å². The molecule has 1 aliphatic rings. The Hall–Kier alpha value is -1.09. The lowest BCUT2D eigenvalue weighted by Crippen LogP contribution is -2.23. The summed E-state index contributed by atoms with van der Waals surface area (Å²) in [4.78, 5) is 6.90. The monoisotopic (exact) mass is 233 g/mol. The maximum Gasteiger partial charge on any atom is 0.126 e. The molecule has 1 fully saturated rings. The van der Waals surface area contributed by atoms with Crippen molar-refractivity contribution in [2.24, 2.45) is 5.92 Å². The first-order valence-electron chi connectivity index (χ1n) is 6.67. The van der Waals surface area contributed by atoms with Crippen molar-refractivity contribution in [2.75, 3.05) is 31.5 Å². The Balaban J connectivity index is 1.76. The number of anilines is 1. The van der Waals surface area contributed by atoms with E-state index in [1.54, 1.807) is 0 Å². The normalized spacial score (nSPS) is 20.7. The lowest BCUT2D eigenvalue weighted by molar-refractivity contribution is 0.327. The van der Waals surface area contributed by atoms with E-state index in [9.17, 15) is 0 Å². The first-order valence-corrected chi connectivity index (χ1v) is 6.67. The van der Waals surface area contributed by atoms with Gasteiger partial charge in [0.2, 0.25) is 0 Å². The minimum absolute atomic E-state index is 0.781. The van der Waals surface area contributed by atoms with Gasteiger partial charge in [0.25, 0.3) is 0 Å². The topological polar surface area (TPSA) is 28.2 Å². The summed E-state index contributed by atoms with van der Waals surface area (Å²) in [5.41, 5.74) is 1.27. The number of likely N-dealkylation sites (tertiary alicyclic amines) is 1. The van der Waals surface area contributed by atoms with Crippen molar-refractivity contribution in [2.45, 2.75) is 26.7 Å². The largest absolute Gasteiger partial charge is 0.370 e. The fourth-order valence-electron chi connectivity index (χ4n) is 2.48. The van der Waals surface area contributed by atoms with E-state index < -0.39 is 0 Å². The van der Waals surface area contributed by atoms with Crippen LogP contribution in [-0.2, 0) is 0 Å². The SMILES string of the molecule is CCCN1CCC(CNc2cc(C)ccn2)C1. The fraction of sp³-hybridized carbons (Fsp3) is 0.643. The van der Waals surface area contributed by atoms with Gasteiger partial charge in [-0.3, -0.25) is 0 Å². The summed E-state index contributed by atoms with van der Waals surface area (Å²) in [6.45, 7) is 9.16. The highest BCUT2D eigenvalue weighted by Crippen LogP contribution is 2.17. The van der Waals surface area contributed by atoms with Gasteiger partial charge in [0.05, 0.1) is 0 Å². The van der Waals surface area contributed by atoms with Crippen LogP contribution in [0.25, 0.3) is 0 Å².